The lowest BCUT2D eigenvalue weighted by Gasteiger charge is -2.36. The largest absolute Gasteiger partial charge is 0.368 e. The zero-order chi connectivity index (χ0) is 11.8. The monoisotopic (exact) mass is 230 g/mol. The lowest BCUT2D eigenvalue weighted by Crippen LogP contribution is -2.52. The van der Waals surface area contributed by atoms with Gasteiger partial charge in [0.25, 0.3) is 0 Å². The van der Waals surface area contributed by atoms with Gasteiger partial charge in [-0.15, -0.1) is 0 Å². The van der Waals surface area contributed by atoms with E-state index in [1.807, 2.05) is 0 Å². The Morgan fingerprint density at radius 1 is 1.24 bits per heavy atom. The van der Waals surface area contributed by atoms with E-state index in [1.165, 1.54) is 36.2 Å². The minimum absolute atomic E-state index is 0.726. The van der Waals surface area contributed by atoms with Crippen molar-refractivity contribution in [2.24, 2.45) is 5.92 Å². The predicted molar refractivity (Wildman–Crippen MR) is 72.6 cm³/mol. The number of benzene rings is 1. The van der Waals surface area contributed by atoms with E-state index in [2.05, 4.69) is 42.3 Å². The van der Waals surface area contributed by atoms with Crippen molar-refractivity contribution in [2.75, 3.05) is 24.5 Å². The molecule has 1 aromatic rings. The molecule has 0 aromatic heterocycles. The summed E-state index contributed by atoms with van der Waals surface area (Å²) >= 11 is 0. The van der Waals surface area contributed by atoms with E-state index >= 15 is 0 Å². The Morgan fingerprint density at radius 2 is 2.06 bits per heavy atom. The van der Waals surface area contributed by atoms with Crippen LogP contribution in [0.2, 0.25) is 0 Å². The molecular formula is C15H22N2. The number of hydrogen-bond donors (Lipinski definition) is 1. The summed E-state index contributed by atoms with van der Waals surface area (Å²) in [6.45, 7) is 7.87. The summed E-state index contributed by atoms with van der Waals surface area (Å²) in [5, 5.41) is 3.67. The molecule has 0 amide bonds. The first-order valence-corrected chi connectivity index (χ1v) is 6.79. The highest BCUT2D eigenvalue weighted by atomic mass is 15.2. The Kier molecular flexibility index (Phi) is 2.83. The third-order valence-electron chi connectivity index (χ3n) is 4.09. The fourth-order valence-electron chi connectivity index (χ4n) is 2.97. The molecule has 92 valence electrons. The first-order valence-electron chi connectivity index (χ1n) is 6.79. The SMILES string of the molecule is Cc1ccc(N2CCNC(C3CC3)C2)c(C)c1. The van der Waals surface area contributed by atoms with Crippen LogP contribution in [0.15, 0.2) is 18.2 Å². The van der Waals surface area contributed by atoms with Crippen molar-refractivity contribution < 1.29 is 0 Å². The second kappa shape index (κ2) is 4.34. The minimum Gasteiger partial charge on any atom is -0.368 e. The van der Waals surface area contributed by atoms with Crippen molar-refractivity contribution in [3.63, 3.8) is 0 Å². The molecule has 1 saturated carbocycles. The van der Waals surface area contributed by atoms with Crippen molar-refractivity contribution in [3.8, 4) is 0 Å². The molecule has 1 heterocycles. The Morgan fingerprint density at radius 3 is 2.76 bits per heavy atom. The quantitative estimate of drug-likeness (QED) is 0.839. The molecule has 0 spiro atoms. The average Bonchev–Trinajstić information content (AvgIpc) is 3.13. The Bertz CT molecular complexity index is 409. The van der Waals surface area contributed by atoms with Gasteiger partial charge in [-0.1, -0.05) is 17.7 Å². The van der Waals surface area contributed by atoms with Crippen LogP contribution in [0.3, 0.4) is 0 Å². The first kappa shape index (κ1) is 11.1. The van der Waals surface area contributed by atoms with Crippen LogP contribution in [0.1, 0.15) is 24.0 Å². The summed E-state index contributed by atoms with van der Waals surface area (Å²) in [5.41, 5.74) is 4.21. The number of rotatable bonds is 2. The molecule has 3 rings (SSSR count). The van der Waals surface area contributed by atoms with E-state index in [1.54, 1.807) is 0 Å². The van der Waals surface area contributed by atoms with E-state index in [9.17, 15) is 0 Å². The smallest absolute Gasteiger partial charge is 0.0397 e. The van der Waals surface area contributed by atoms with Gasteiger partial charge in [-0.25, -0.2) is 0 Å². The zero-order valence-corrected chi connectivity index (χ0v) is 10.9. The third-order valence-corrected chi connectivity index (χ3v) is 4.09. The summed E-state index contributed by atoms with van der Waals surface area (Å²) in [4.78, 5) is 2.56. The van der Waals surface area contributed by atoms with Crippen molar-refractivity contribution >= 4 is 5.69 Å². The number of nitrogens with one attached hydrogen (secondary N) is 1. The summed E-state index contributed by atoms with van der Waals surface area (Å²) in [5.74, 6) is 0.948. The van der Waals surface area contributed by atoms with Crippen LogP contribution in [-0.4, -0.2) is 25.7 Å². The molecule has 1 aliphatic heterocycles. The van der Waals surface area contributed by atoms with Gasteiger partial charge in [-0.2, -0.15) is 0 Å². The average molecular weight is 230 g/mol. The summed E-state index contributed by atoms with van der Waals surface area (Å²) in [6.07, 6.45) is 2.86. The molecule has 1 unspecified atom stereocenters. The molecule has 1 saturated heterocycles. The second-order valence-corrected chi connectivity index (χ2v) is 5.63. The molecule has 0 bridgehead atoms. The van der Waals surface area contributed by atoms with Crippen molar-refractivity contribution in [1.82, 2.24) is 5.32 Å². The van der Waals surface area contributed by atoms with Gasteiger partial charge in [0.15, 0.2) is 0 Å². The molecule has 2 nitrogen and oxygen atoms in total. The molecule has 2 heteroatoms. The summed E-state index contributed by atoms with van der Waals surface area (Å²) in [6, 6.07) is 7.55. The fraction of sp³-hybridized carbons (Fsp3) is 0.600. The van der Waals surface area contributed by atoms with Gasteiger partial charge in [0.05, 0.1) is 0 Å². The maximum atomic E-state index is 3.67. The van der Waals surface area contributed by atoms with Crippen molar-refractivity contribution in [2.45, 2.75) is 32.7 Å². The highest BCUT2D eigenvalue weighted by Crippen LogP contribution is 2.34. The molecule has 17 heavy (non-hydrogen) atoms. The van der Waals surface area contributed by atoms with Crippen molar-refractivity contribution in [3.05, 3.63) is 29.3 Å². The van der Waals surface area contributed by atoms with Gasteiger partial charge < -0.3 is 10.2 Å². The maximum absolute atomic E-state index is 3.67. The predicted octanol–water partition coefficient (Wildman–Crippen LogP) is 2.49. The summed E-state index contributed by atoms with van der Waals surface area (Å²) < 4.78 is 0. The van der Waals surface area contributed by atoms with Crippen LogP contribution in [0.4, 0.5) is 5.69 Å². The third kappa shape index (κ3) is 2.32. The van der Waals surface area contributed by atoms with E-state index in [0.717, 1.165) is 25.0 Å². The minimum atomic E-state index is 0.726. The van der Waals surface area contributed by atoms with E-state index in [-0.39, 0.29) is 0 Å². The number of anilines is 1. The highest BCUT2D eigenvalue weighted by molar-refractivity contribution is 5.55. The topological polar surface area (TPSA) is 15.3 Å². The molecule has 2 aliphatic rings. The molecule has 1 aliphatic carbocycles. The lowest BCUT2D eigenvalue weighted by molar-refractivity contribution is 0.418. The van der Waals surface area contributed by atoms with Crippen molar-refractivity contribution in [1.29, 1.82) is 0 Å². The van der Waals surface area contributed by atoms with Crippen LogP contribution in [-0.2, 0) is 0 Å². The number of aryl methyl sites for hydroxylation is 2. The molecule has 1 N–H and O–H groups in total. The summed E-state index contributed by atoms with van der Waals surface area (Å²) in [7, 11) is 0. The Hall–Kier alpha value is -1.02. The van der Waals surface area contributed by atoms with Crippen LogP contribution >= 0.6 is 0 Å². The van der Waals surface area contributed by atoms with Gasteiger partial charge in [-0.05, 0) is 44.2 Å². The van der Waals surface area contributed by atoms with Gasteiger partial charge >= 0.3 is 0 Å². The second-order valence-electron chi connectivity index (χ2n) is 5.63. The van der Waals surface area contributed by atoms with Gasteiger partial charge in [-0.3, -0.25) is 0 Å². The van der Waals surface area contributed by atoms with E-state index in [0.29, 0.717) is 0 Å². The van der Waals surface area contributed by atoms with Crippen LogP contribution in [0.5, 0.6) is 0 Å². The van der Waals surface area contributed by atoms with E-state index < -0.39 is 0 Å². The number of hydrogen-bond acceptors (Lipinski definition) is 2. The molecule has 1 aromatic carbocycles. The first-order chi connectivity index (χ1) is 8.24. The zero-order valence-electron chi connectivity index (χ0n) is 10.9. The van der Waals surface area contributed by atoms with Gasteiger partial charge in [0.2, 0.25) is 0 Å². The van der Waals surface area contributed by atoms with E-state index in [4.69, 9.17) is 0 Å². The van der Waals surface area contributed by atoms with Gasteiger partial charge in [0, 0.05) is 31.4 Å². The standard InChI is InChI=1S/C15H22N2/c1-11-3-6-15(12(2)9-11)17-8-7-16-14(10-17)13-4-5-13/h3,6,9,13-14,16H,4-5,7-8,10H2,1-2H3. The molecule has 0 radical (unpaired) electrons. The van der Waals surface area contributed by atoms with Gasteiger partial charge in [0.1, 0.15) is 0 Å². The Labute approximate surface area is 104 Å². The highest BCUT2D eigenvalue weighted by Gasteiger charge is 2.34. The number of piperazine rings is 1. The maximum Gasteiger partial charge on any atom is 0.0397 e. The lowest BCUT2D eigenvalue weighted by atomic mass is 10.1. The van der Waals surface area contributed by atoms with Crippen LogP contribution < -0.4 is 10.2 Å². The normalized spacial score (nSPS) is 25.1. The molecule has 1 atom stereocenters. The fourth-order valence-corrected chi connectivity index (χ4v) is 2.97. The molecule has 2 fully saturated rings. The van der Waals surface area contributed by atoms with Crippen LogP contribution in [0, 0.1) is 19.8 Å². The van der Waals surface area contributed by atoms with Crippen LogP contribution in [0.25, 0.3) is 0 Å². The number of nitrogens with zero attached hydrogens (tertiary/aromatic N) is 1. The molecular weight excluding hydrogens is 208 g/mol. The Balaban J connectivity index is 1.77.